The van der Waals surface area contributed by atoms with Crippen LogP contribution in [0.4, 0.5) is 5.69 Å². The molecule has 0 unspecified atom stereocenters. The van der Waals surface area contributed by atoms with Crippen LogP contribution < -0.4 is 14.8 Å². The van der Waals surface area contributed by atoms with Crippen molar-refractivity contribution in [2.75, 3.05) is 26.1 Å². The molecule has 2 heterocycles. The van der Waals surface area contributed by atoms with Crippen molar-refractivity contribution >= 4 is 5.69 Å². The molecule has 128 valence electrons. The van der Waals surface area contributed by atoms with Crippen molar-refractivity contribution in [3.05, 3.63) is 48.3 Å². The summed E-state index contributed by atoms with van der Waals surface area (Å²) in [6.45, 7) is 2.93. The SMILES string of the molecule is COc1cccc(-c2nnc3n2-c2ccc(OC)cc2NC[C@@H]3C)c1. The van der Waals surface area contributed by atoms with Crippen LogP contribution in [0.15, 0.2) is 42.5 Å². The molecule has 1 atom stereocenters. The molecule has 0 fully saturated rings. The Bertz CT molecular complexity index is 920. The zero-order valence-corrected chi connectivity index (χ0v) is 14.5. The largest absolute Gasteiger partial charge is 0.497 e. The van der Waals surface area contributed by atoms with Gasteiger partial charge in [0.1, 0.15) is 17.3 Å². The first kappa shape index (κ1) is 15.5. The van der Waals surface area contributed by atoms with Crippen molar-refractivity contribution in [2.24, 2.45) is 0 Å². The fourth-order valence-electron chi connectivity index (χ4n) is 3.14. The standard InChI is InChI=1S/C19H20N4O2/c1-12-11-20-16-10-15(25-3)7-8-17(16)23-18(12)21-22-19(23)13-5-4-6-14(9-13)24-2/h4-10,12,20H,11H2,1-3H3/t12-/m0/s1. The molecular weight excluding hydrogens is 316 g/mol. The van der Waals surface area contributed by atoms with Crippen LogP contribution in [0.1, 0.15) is 18.7 Å². The first-order valence-corrected chi connectivity index (χ1v) is 8.23. The highest BCUT2D eigenvalue weighted by molar-refractivity contribution is 5.70. The summed E-state index contributed by atoms with van der Waals surface area (Å²) in [6, 6.07) is 13.9. The molecule has 0 saturated heterocycles. The molecule has 1 aromatic heterocycles. The molecule has 1 aliphatic heterocycles. The molecule has 4 rings (SSSR count). The predicted octanol–water partition coefficient (Wildman–Crippen LogP) is 3.48. The molecule has 3 aromatic rings. The summed E-state index contributed by atoms with van der Waals surface area (Å²) in [5.41, 5.74) is 2.99. The summed E-state index contributed by atoms with van der Waals surface area (Å²) in [5.74, 6) is 3.58. The van der Waals surface area contributed by atoms with E-state index in [1.807, 2.05) is 42.5 Å². The smallest absolute Gasteiger partial charge is 0.168 e. The van der Waals surface area contributed by atoms with Gasteiger partial charge in [0.2, 0.25) is 0 Å². The van der Waals surface area contributed by atoms with Gasteiger partial charge in [-0.1, -0.05) is 19.1 Å². The van der Waals surface area contributed by atoms with Gasteiger partial charge in [-0.2, -0.15) is 0 Å². The van der Waals surface area contributed by atoms with E-state index in [1.165, 1.54) is 0 Å². The van der Waals surface area contributed by atoms with Crippen LogP contribution in [-0.2, 0) is 0 Å². The number of benzene rings is 2. The Kier molecular flexibility index (Phi) is 3.80. The van der Waals surface area contributed by atoms with Crippen molar-refractivity contribution in [3.63, 3.8) is 0 Å². The number of hydrogen-bond donors (Lipinski definition) is 1. The lowest BCUT2D eigenvalue weighted by molar-refractivity contribution is 0.415. The Labute approximate surface area is 146 Å². The van der Waals surface area contributed by atoms with Crippen LogP contribution in [-0.4, -0.2) is 35.5 Å². The maximum Gasteiger partial charge on any atom is 0.168 e. The summed E-state index contributed by atoms with van der Waals surface area (Å²) < 4.78 is 12.8. The average molecular weight is 336 g/mol. The van der Waals surface area contributed by atoms with Crippen molar-refractivity contribution < 1.29 is 9.47 Å². The molecule has 2 aromatic carbocycles. The van der Waals surface area contributed by atoms with E-state index in [4.69, 9.17) is 9.47 Å². The summed E-state index contributed by atoms with van der Waals surface area (Å²) in [6.07, 6.45) is 0. The predicted molar refractivity (Wildman–Crippen MR) is 96.8 cm³/mol. The molecule has 1 aliphatic rings. The monoisotopic (exact) mass is 336 g/mol. The van der Waals surface area contributed by atoms with Crippen LogP contribution in [0.3, 0.4) is 0 Å². The number of fused-ring (bicyclic) bond motifs is 3. The molecule has 0 saturated carbocycles. The van der Waals surface area contributed by atoms with Gasteiger partial charge in [0.05, 0.1) is 25.6 Å². The van der Waals surface area contributed by atoms with Crippen LogP contribution in [0.25, 0.3) is 17.1 Å². The number of nitrogens with one attached hydrogen (secondary N) is 1. The number of hydrogen-bond acceptors (Lipinski definition) is 5. The highest BCUT2D eigenvalue weighted by Crippen LogP contribution is 2.35. The third-order valence-electron chi connectivity index (χ3n) is 4.50. The van der Waals surface area contributed by atoms with Gasteiger partial charge in [-0.3, -0.25) is 4.57 Å². The fourth-order valence-corrected chi connectivity index (χ4v) is 3.14. The molecule has 0 aliphatic carbocycles. The van der Waals surface area contributed by atoms with Crippen molar-refractivity contribution in [1.82, 2.24) is 14.8 Å². The molecule has 6 heteroatoms. The van der Waals surface area contributed by atoms with Crippen LogP contribution >= 0.6 is 0 Å². The molecule has 0 amide bonds. The molecule has 0 radical (unpaired) electrons. The summed E-state index contributed by atoms with van der Waals surface area (Å²) in [5, 5.41) is 12.4. The Morgan fingerprint density at radius 1 is 1.04 bits per heavy atom. The Morgan fingerprint density at radius 2 is 1.84 bits per heavy atom. The molecule has 6 nitrogen and oxygen atoms in total. The van der Waals surface area contributed by atoms with Gasteiger partial charge < -0.3 is 14.8 Å². The third kappa shape index (κ3) is 2.59. The van der Waals surface area contributed by atoms with Crippen LogP contribution in [0.5, 0.6) is 11.5 Å². The third-order valence-corrected chi connectivity index (χ3v) is 4.50. The summed E-state index contributed by atoms with van der Waals surface area (Å²) in [4.78, 5) is 0. The minimum atomic E-state index is 0.227. The maximum atomic E-state index is 5.37. The minimum absolute atomic E-state index is 0.227. The van der Waals surface area contributed by atoms with Gasteiger partial charge in [0.15, 0.2) is 5.82 Å². The first-order chi connectivity index (χ1) is 12.2. The van der Waals surface area contributed by atoms with Gasteiger partial charge >= 0.3 is 0 Å². The Hall–Kier alpha value is -3.02. The molecule has 25 heavy (non-hydrogen) atoms. The quantitative estimate of drug-likeness (QED) is 0.793. The van der Waals surface area contributed by atoms with E-state index < -0.39 is 0 Å². The van der Waals surface area contributed by atoms with Crippen molar-refractivity contribution in [1.29, 1.82) is 0 Å². The number of aromatic nitrogens is 3. The highest BCUT2D eigenvalue weighted by atomic mass is 16.5. The number of rotatable bonds is 3. The second-order valence-corrected chi connectivity index (χ2v) is 6.11. The molecule has 1 N–H and O–H groups in total. The normalized spacial score (nSPS) is 15.6. The van der Waals surface area contributed by atoms with E-state index in [9.17, 15) is 0 Å². The highest BCUT2D eigenvalue weighted by Gasteiger charge is 2.25. The fraction of sp³-hybridized carbons (Fsp3) is 0.263. The minimum Gasteiger partial charge on any atom is -0.497 e. The van der Waals surface area contributed by atoms with Gasteiger partial charge in [-0.25, -0.2) is 0 Å². The Balaban J connectivity index is 1.93. The number of methoxy groups -OCH3 is 2. The average Bonchev–Trinajstić information content (AvgIpc) is 3.05. The second kappa shape index (κ2) is 6.12. The van der Waals surface area contributed by atoms with Crippen LogP contribution in [0, 0.1) is 0 Å². The van der Waals surface area contributed by atoms with E-state index >= 15 is 0 Å². The number of nitrogens with zero attached hydrogens (tertiary/aromatic N) is 3. The topological polar surface area (TPSA) is 61.2 Å². The lowest BCUT2D eigenvalue weighted by Gasteiger charge is -2.13. The van der Waals surface area contributed by atoms with E-state index in [0.29, 0.717) is 0 Å². The van der Waals surface area contributed by atoms with Gasteiger partial charge in [0, 0.05) is 24.1 Å². The van der Waals surface area contributed by atoms with E-state index in [0.717, 1.165) is 46.6 Å². The van der Waals surface area contributed by atoms with Crippen molar-refractivity contribution in [2.45, 2.75) is 12.8 Å². The summed E-state index contributed by atoms with van der Waals surface area (Å²) in [7, 11) is 3.34. The summed E-state index contributed by atoms with van der Waals surface area (Å²) >= 11 is 0. The molecule has 0 spiro atoms. The number of anilines is 1. The van der Waals surface area contributed by atoms with E-state index in [2.05, 4.69) is 27.0 Å². The maximum absolute atomic E-state index is 5.37. The number of ether oxygens (including phenoxy) is 2. The molecular formula is C19H20N4O2. The zero-order chi connectivity index (χ0) is 17.4. The van der Waals surface area contributed by atoms with E-state index in [-0.39, 0.29) is 5.92 Å². The van der Waals surface area contributed by atoms with Crippen LogP contribution in [0.2, 0.25) is 0 Å². The lowest BCUT2D eigenvalue weighted by atomic mass is 10.1. The van der Waals surface area contributed by atoms with Gasteiger partial charge in [-0.05, 0) is 24.3 Å². The zero-order valence-electron chi connectivity index (χ0n) is 14.5. The second-order valence-electron chi connectivity index (χ2n) is 6.11. The van der Waals surface area contributed by atoms with Gasteiger partial charge in [0.25, 0.3) is 0 Å². The van der Waals surface area contributed by atoms with Crippen molar-refractivity contribution in [3.8, 4) is 28.6 Å². The van der Waals surface area contributed by atoms with E-state index in [1.54, 1.807) is 14.2 Å². The first-order valence-electron chi connectivity index (χ1n) is 8.23. The van der Waals surface area contributed by atoms with Gasteiger partial charge in [-0.15, -0.1) is 10.2 Å². The lowest BCUT2D eigenvalue weighted by Crippen LogP contribution is -2.09. The molecule has 0 bridgehead atoms. The Morgan fingerprint density at radius 3 is 2.64 bits per heavy atom.